The number of carbonyl (C=O) groups excluding carboxylic acids is 1. The highest BCUT2D eigenvalue weighted by Gasteiger charge is 2.23. The molecule has 0 unspecified atom stereocenters. The number of benzene rings is 3. The maximum atomic E-state index is 13.5. The fourth-order valence-electron chi connectivity index (χ4n) is 4.20. The van der Waals surface area contributed by atoms with Gasteiger partial charge in [0, 0.05) is 33.6 Å². The number of nitrogens with one attached hydrogen (secondary N) is 1. The Hall–Kier alpha value is -3.37. The topological polar surface area (TPSA) is 70.2 Å². The predicted octanol–water partition coefficient (Wildman–Crippen LogP) is 6.49. The van der Waals surface area contributed by atoms with Crippen LogP contribution in [-0.4, -0.2) is 21.8 Å². The molecule has 0 aliphatic carbocycles. The largest absolute Gasteiger partial charge is 0.478 e. The first-order valence-electron chi connectivity index (χ1n) is 10.7. The van der Waals surface area contributed by atoms with Gasteiger partial charge in [-0.3, -0.25) is 4.79 Å². The number of carboxylic acid groups (broad SMARTS) is 1. The molecule has 0 aliphatic heterocycles. The molecule has 0 aliphatic rings. The maximum absolute atomic E-state index is 13.5. The lowest BCUT2D eigenvalue weighted by Crippen LogP contribution is -2.07. The zero-order chi connectivity index (χ0) is 22.7. The van der Waals surface area contributed by atoms with Gasteiger partial charge >= 0.3 is 5.97 Å². The van der Waals surface area contributed by atoms with Crippen molar-refractivity contribution in [2.24, 2.45) is 0 Å². The zero-order valence-electron chi connectivity index (χ0n) is 17.8. The minimum atomic E-state index is -1.00. The normalized spacial score (nSPS) is 11.1. The lowest BCUT2D eigenvalue weighted by Gasteiger charge is -2.10. The number of aromatic nitrogens is 1. The average Bonchev–Trinajstić information content (AvgIpc) is 3.14. The molecule has 4 aromatic rings. The molecule has 0 fully saturated rings. The number of hydrogen-bond acceptors (Lipinski definition) is 2. The van der Waals surface area contributed by atoms with Crippen LogP contribution in [0, 0.1) is 0 Å². The highest BCUT2D eigenvalue weighted by Crippen LogP contribution is 2.32. The summed E-state index contributed by atoms with van der Waals surface area (Å²) in [6.45, 7) is 2.06. The molecule has 0 amide bonds. The second-order valence-corrected chi connectivity index (χ2v) is 8.35. The van der Waals surface area contributed by atoms with Crippen molar-refractivity contribution in [2.45, 2.75) is 32.6 Å². The van der Waals surface area contributed by atoms with Crippen molar-refractivity contribution in [1.82, 2.24) is 4.98 Å². The maximum Gasteiger partial charge on any atom is 0.335 e. The Kier molecular flexibility index (Phi) is 6.42. The van der Waals surface area contributed by atoms with Crippen LogP contribution in [0.15, 0.2) is 66.7 Å². The van der Waals surface area contributed by atoms with Crippen LogP contribution >= 0.6 is 11.6 Å². The van der Waals surface area contributed by atoms with Crippen molar-refractivity contribution in [3.63, 3.8) is 0 Å². The monoisotopic (exact) mass is 445 g/mol. The Labute approximate surface area is 191 Å². The number of carboxylic acids is 1. The number of halogens is 1. The number of aryl methyl sites for hydroxylation is 1. The van der Waals surface area contributed by atoms with E-state index in [9.17, 15) is 14.7 Å². The van der Waals surface area contributed by atoms with Gasteiger partial charge in [-0.05, 0) is 47.7 Å². The van der Waals surface area contributed by atoms with Gasteiger partial charge in [0.15, 0.2) is 5.78 Å². The molecule has 0 atom stereocenters. The summed E-state index contributed by atoms with van der Waals surface area (Å²) >= 11 is 6.40. The second-order valence-electron chi connectivity index (χ2n) is 7.95. The molecule has 162 valence electrons. The van der Waals surface area contributed by atoms with Crippen LogP contribution in [-0.2, 0) is 19.3 Å². The summed E-state index contributed by atoms with van der Waals surface area (Å²) in [4.78, 5) is 28.7. The Morgan fingerprint density at radius 3 is 2.38 bits per heavy atom. The molecule has 32 heavy (non-hydrogen) atoms. The molecule has 4 nitrogen and oxygen atoms in total. The number of aromatic carboxylic acids is 1. The number of rotatable bonds is 8. The van der Waals surface area contributed by atoms with Crippen molar-refractivity contribution >= 4 is 34.3 Å². The summed E-state index contributed by atoms with van der Waals surface area (Å²) in [5.74, 6) is -0.981. The SMILES string of the molecule is CCCc1[nH]c2cc(C(=O)O)cc(Cc3ccccc3Cl)c2c1C(=O)Cc1ccccc1. The quantitative estimate of drug-likeness (QED) is 0.304. The van der Waals surface area contributed by atoms with Gasteiger partial charge in [0.05, 0.1) is 5.56 Å². The first-order chi connectivity index (χ1) is 15.5. The van der Waals surface area contributed by atoms with E-state index < -0.39 is 5.97 Å². The Balaban J connectivity index is 1.91. The summed E-state index contributed by atoms with van der Waals surface area (Å²) in [6.07, 6.45) is 2.30. The van der Waals surface area contributed by atoms with Crippen molar-refractivity contribution in [2.75, 3.05) is 0 Å². The van der Waals surface area contributed by atoms with Gasteiger partial charge in [0.1, 0.15) is 0 Å². The minimum Gasteiger partial charge on any atom is -0.478 e. The van der Waals surface area contributed by atoms with Crippen LogP contribution in [0.1, 0.15) is 56.4 Å². The molecular formula is C27H24ClNO3. The van der Waals surface area contributed by atoms with E-state index in [1.807, 2.05) is 54.6 Å². The van der Waals surface area contributed by atoms with E-state index in [0.717, 1.165) is 34.2 Å². The summed E-state index contributed by atoms with van der Waals surface area (Å²) in [5.41, 5.74) is 4.98. The van der Waals surface area contributed by atoms with E-state index in [0.29, 0.717) is 28.9 Å². The highest BCUT2D eigenvalue weighted by molar-refractivity contribution is 6.31. The third-order valence-electron chi connectivity index (χ3n) is 5.63. The second kappa shape index (κ2) is 9.41. The molecule has 1 heterocycles. The van der Waals surface area contributed by atoms with E-state index in [4.69, 9.17) is 11.6 Å². The standard InChI is InChI=1S/C27H24ClNO3/c1-2-8-22-26(24(30)13-17-9-4-3-5-10-17)25-19(14-18-11-6-7-12-21(18)28)15-20(27(31)32)16-23(25)29-22/h3-7,9-12,15-16,29H,2,8,13-14H2,1H3,(H,31,32). The fraction of sp³-hybridized carbons (Fsp3) is 0.185. The first-order valence-corrected chi connectivity index (χ1v) is 11.1. The summed E-state index contributed by atoms with van der Waals surface area (Å²) < 4.78 is 0. The van der Waals surface area contributed by atoms with E-state index in [-0.39, 0.29) is 17.8 Å². The molecule has 0 bridgehead atoms. The number of fused-ring (bicyclic) bond motifs is 1. The fourth-order valence-corrected chi connectivity index (χ4v) is 4.40. The van der Waals surface area contributed by atoms with Gasteiger partial charge in [-0.1, -0.05) is 73.5 Å². The van der Waals surface area contributed by atoms with Crippen LogP contribution in [0.5, 0.6) is 0 Å². The number of ketones is 1. The van der Waals surface area contributed by atoms with Gasteiger partial charge in [-0.15, -0.1) is 0 Å². The number of carbonyl (C=O) groups is 2. The third kappa shape index (κ3) is 4.46. The summed E-state index contributed by atoms with van der Waals surface area (Å²) in [6, 6.07) is 20.4. The molecule has 0 spiro atoms. The Morgan fingerprint density at radius 2 is 1.69 bits per heavy atom. The number of Topliss-reactive ketones (excluding diaryl/α,β-unsaturated/α-hetero) is 1. The molecule has 2 N–H and O–H groups in total. The minimum absolute atomic E-state index is 0.0226. The van der Waals surface area contributed by atoms with Crippen LogP contribution in [0.25, 0.3) is 10.9 Å². The van der Waals surface area contributed by atoms with Gasteiger partial charge in [-0.2, -0.15) is 0 Å². The molecule has 0 saturated heterocycles. The smallest absolute Gasteiger partial charge is 0.335 e. The average molecular weight is 446 g/mol. The predicted molar refractivity (Wildman–Crippen MR) is 128 cm³/mol. The highest BCUT2D eigenvalue weighted by atomic mass is 35.5. The number of aromatic amines is 1. The van der Waals surface area contributed by atoms with Crippen molar-refractivity contribution in [1.29, 1.82) is 0 Å². The molecule has 0 radical (unpaired) electrons. The van der Waals surface area contributed by atoms with Crippen LogP contribution in [0.4, 0.5) is 0 Å². The lowest BCUT2D eigenvalue weighted by atomic mass is 9.92. The van der Waals surface area contributed by atoms with E-state index in [1.54, 1.807) is 12.1 Å². The number of H-pyrrole nitrogens is 1. The van der Waals surface area contributed by atoms with Gasteiger partial charge in [0.25, 0.3) is 0 Å². The molecule has 1 aromatic heterocycles. The van der Waals surface area contributed by atoms with Gasteiger partial charge in [-0.25, -0.2) is 4.79 Å². The van der Waals surface area contributed by atoms with E-state index in [2.05, 4.69) is 11.9 Å². The summed E-state index contributed by atoms with van der Waals surface area (Å²) in [5, 5.41) is 11.1. The van der Waals surface area contributed by atoms with Crippen LogP contribution in [0.3, 0.4) is 0 Å². The van der Waals surface area contributed by atoms with Crippen LogP contribution in [0.2, 0.25) is 5.02 Å². The molecule has 3 aromatic carbocycles. The zero-order valence-corrected chi connectivity index (χ0v) is 18.6. The van der Waals surface area contributed by atoms with Crippen molar-refractivity contribution in [3.05, 3.63) is 105 Å². The lowest BCUT2D eigenvalue weighted by molar-refractivity contribution is 0.0696. The molecular weight excluding hydrogens is 422 g/mol. The van der Waals surface area contributed by atoms with E-state index >= 15 is 0 Å². The van der Waals surface area contributed by atoms with Crippen LogP contribution < -0.4 is 0 Å². The van der Waals surface area contributed by atoms with Crippen molar-refractivity contribution < 1.29 is 14.7 Å². The Bertz CT molecular complexity index is 1290. The number of hydrogen-bond donors (Lipinski definition) is 2. The van der Waals surface area contributed by atoms with Gasteiger partial charge in [0.2, 0.25) is 0 Å². The third-order valence-corrected chi connectivity index (χ3v) is 6.00. The van der Waals surface area contributed by atoms with Crippen molar-refractivity contribution in [3.8, 4) is 0 Å². The summed E-state index contributed by atoms with van der Waals surface area (Å²) in [7, 11) is 0. The molecule has 5 heteroatoms. The molecule has 0 saturated carbocycles. The Morgan fingerprint density at radius 1 is 0.969 bits per heavy atom. The van der Waals surface area contributed by atoms with Gasteiger partial charge < -0.3 is 10.1 Å². The van der Waals surface area contributed by atoms with E-state index in [1.165, 1.54) is 0 Å². The molecule has 4 rings (SSSR count). The first kappa shape index (κ1) is 21.8.